The van der Waals surface area contributed by atoms with Gasteiger partial charge in [0, 0.05) is 179 Å². The molecule has 0 radical (unpaired) electrons. The number of hydrogen-bond acceptors (Lipinski definition) is 16. The largest absolute Gasteiger partial charge is 0.494 e. The van der Waals surface area contributed by atoms with Crippen LogP contribution in [-0.4, -0.2) is 171 Å². The second-order valence-electron chi connectivity index (χ2n) is 29.0. The predicted molar refractivity (Wildman–Crippen MR) is 550 cm³/mol. The highest BCUT2D eigenvalue weighted by molar-refractivity contribution is 6.33. The fourth-order valence-electron chi connectivity index (χ4n) is 11.8. The zero-order chi connectivity index (χ0) is 96.2. The topological polar surface area (TPSA) is 385 Å². The highest BCUT2D eigenvalue weighted by Gasteiger charge is 2.26. The number of carbonyl (C=O) groups excluding carboxylic acids is 8. The maximum atomic E-state index is 13.1. The van der Waals surface area contributed by atoms with E-state index in [0.29, 0.717) is 129 Å². The van der Waals surface area contributed by atoms with Gasteiger partial charge in [-0.15, -0.1) is 25.7 Å². The van der Waals surface area contributed by atoms with E-state index in [1.165, 1.54) is 63.0 Å². The summed E-state index contributed by atoms with van der Waals surface area (Å²) in [5.74, 6) is 8.63. The molecule has 8 amide bonds. The van der Waals surface area contributed by atoms with E-state index in [-0.39, 0.29) is 96.6 Å². The maximum absolute atomic E-state index is 13.1. The van der Waals surface area contributed by atoms with Crippen molar-refractivity contribution >= 4 is 163 Å². The molecule has 12 rings (SSSR count). The van der Waals surface area contributed by atoms with Crippen molar-refractivity contribution in [1.82, 2.24) is 29.6 Å². The lowest BCUT2D eigenvalue weighted by Gasteiger charge is -2.16. The van der Waals surface area contributed by atoms with Gasteiger partial charge in [-0.1, -0.05) is 148 Å². The van der Waals surface area contributed by atoms with Crippen LogP contribution in [0.1, 0.15) is 157 Å². The van der Waals surface area contributed by atoms with Crippen LogP contribution in [-0.2, 0) is 0 Å². The molecule has 0 spiro atoms. The van der Waals surface area contributed by atoms with E-state index in [9.17, 15) is 38.4 Å². The first-order valence-electron chi connectivity index (χ1n) is 39.3. The second kappa shape index (κ2) is 51.7. The summed E-state index contributed by atoms with van der Waals surface area (Å²) in [7, 11) is 17.0. The second-order valence-corrected chi connectivity index (χ2v) is 30.7. The predicted octanol–water partition coefficient (Wildman–Crippen LogP) is 20.2. The van der Waals surface area contributed by atoms with Crippen LogP contribution < -0.4 is 52.0 Å². The molecule has 28 nitrogen and oxygen atoms in total. The summed E-state index contributed by atoms with van der Waals surface area (Å²) < 4.78 is 10.7. The Balaban J connectivity index is 0.000000317. The molecular weight excluding hydrogens is 1800 g/mol. The Hall–Kier alpha value is -16.9. The average molecular weight is 1910 g/mol. The molecule has 2 aromatic heterocycles. The average Bonchev–Trinajstić information content (AvgIpc) is 0.804. The van der Waals surface area contributed by atoms with E-state index < -0.39 is 41.4 Å². The molecule has 2 heterocycles. The van der Waals surface area contributed by atoms with Crippen molar-refractivity contribution in [2.75, 3.05) is 113 Å². The molecule has 696 valence electrons. The molecule has 0 bridgehead atoms. The first-order valence-corrected chi connectivity index (χ1v) is 40.8. The molecule has 32 heteroatoms. The quantitative estimate of drug-likeness (QED) is 0.0170. The van der Waals surface area contributed by atoms with Crippen molar-refractivity contribution in [3.63, 3.8) is 0 Å². The fraction of sp³-hybridized carbons (Fsp3) is 0.135. The van der Waals surface area contributed by atoms with Gasteiger partial charge in [0.05, 0.1) is 59.2 Å². The minimum Gasteiger partial charge on any atom is -0.494 e. The van der Waals surface area contributed by atoms with Crippen LogP contribution in [0.2, 0.25) is 20.1 Å². The number of carbonyl (C=O) groups is 8. The van der Waals surface area contributed by atoms with Crippen molar-refractivity contribution in [2.45, 2.75) is 29.7 Å². The van der Waals surface area contributed by atoms with Gasteiger partial charge >= 0.3 is 0 Å². The standard InChI is InChI=1S/C26H23ClN4O3.C25H22ClN5O3.C25H21ClN4O2.C24H20ClN5O2.4CH4/c1-5-16-6-12-20(13-7-16)29-26(33)21-14-19(27)15-22(34-4)23(21)30-25(32)18-10-8-17(9-11-18)24(28)31(2)3;1-5-15-6-11-21(28-14-15)29-25(33)19-12-18(26)13-20(34-4)22(19)30-24(32)17-9-7-16(8-10-17)23(27)31(2)3;1-4-16-5-12-20(13-6-16)28-25(32)21-15-19(26)11-14-22(21)29-24(31)18-9-7-17(8-10-18)23(27)30(2)3;1-4-15-5-12-21(27-14-15)29-24(32)19-13-18(25)10-11-20(19)28-23(31)17-8-6-16(7-9-17)22(26)30(2)3;;;;/h1,6-15,28H,2-4H3,(H,29,33)(H,30,32);1,6-14,27H,2-4H3,(H,30,32)(H,28,29,33);1,5-15,27H,2-3H3,(H,28,32)(H,29,31);1,5-14,26H,2-3H3,(H,28,31)(H,27,29,32);4*1H4. The Morgan fingerprint density at radius 2 is 0.529 bits per heavy atom. The van der Waals surface area contributed by atoms with Crippen LogP contribution in [0.4, 0.5) is 45.8 Å². The highest BCUT2D eigenvalue weighted by atomic mass is 35.5. The van der Waals surface area contributed by atoms with Crippen molar-refractivity contribution in [3.05, 3.63) is 352 Å². The number of ether oxygens (including phenoxy) is 2. The minimum absolute atomic E-state index is 0. The Labute approximate surface area is 812 Å². The zero-order valence-electron chi connectivity index (χ0n) is 72.7. The van der Waals surface area contributed by atoms with E-state index in [1.54, 1.807) is 270 Å². The minimum atomic E-state index is -0.549. The summed E-state index contributed by atoms with van der Waals surface area (Å²) in [5, 5.41) is 55.2. The lowest BCUT2D eigenvalue weighted by Crippen LogP contribution is -2.22. The SMILES string of the molecule is C.C.C.C.C#Cc1ccc(NC(=O)c2cc(Cl)cc(OC)c2NC(=O)c2ccc(C(=N)N(C)C)cc2)cc1.C#Cc1ccc(NC(=O)c2cc(Cl)cc(OC)c2NC(=O)c2ccc(C(=N)N(C)C)cc2)nc1.C#Cc1ccc(NC(=O)c2cc(Cl)ccc2NC(=O)c2ccc(C(=N)N(C)C)cc2)cc1.C#Cc1ccc(NC(=O)c2cc(Cl)ccc2NC(=O)c2ccc(C(=N)N(C)C)cc2)nc1. The number of rotatable bonds is 22. The van der Waals surface area contributed by atoms with Crippen LogP contribution in [0.25, 0.3) is 0 Å². The molecule has 0 fully saturated rings. The summed E-state index contributed by atoms with van der Waals surface area (Å²) in [6, 6.07) is 61.6. The van der Waals surface area contributed by atoms with Gasteiger partial charge in [0.15, 0.2) is 0 Å². The zero-order valence-corrected chi connectivity index (χ0v) is 75.7. The number of halogens is 4. The Morgan fingerprint density at radius 1 is 0.287 bits per heavy atom. The van der Waals surface area contributed by atoms with Gasteiger partial charge in [-0.25, -0.2) is 9.97 Å². The van der Waals surface area contributed by atoms with Gasteiger partial charge in [0.1, 0.15) is 46.5 Å². The van der Waals surface area contributed by atoms with Crippen molar-refractivity contribution < 1.29 is 47.8 Å². The molecule has 0 atom stereocenters. The number of nitrogens with one attached hydrogen (secondary N) is 12. The molecule has 0 saturated heterocycles. The fourth-order valence-corrected chi connectivity index (χ4v) is 12.6. The monoisotopic (exact) mass is 1900 g/mol. The van der Waals surface area contributed by atoms with E-state index >= 15 is 0 Å². The number of amides is 8. The maximum Gasteiger partial charge on any atom is 0.259 e. The number of pyridine rings is 2. The summed E-state index contributed by atoms with van der Waals surface area (Å²) in [5.41, 5.74) is 9.36. The molecule has 0 aliphatic heterocycles. The molecule has 136 heavy (non-hydrogen) atoms. The number of hydrogen-bond donors (Lipinski definition) is 12. The van der Waals surface area contributed by atoms with Gasteiger partial charge in [-0.2, -0.15) is 0 Å². The van der Waals surface area contributed by atoms with Crippen molar-refractivity contribution in [1.29, 1.82) is 21.6 Å². The number of methoxy groups -OCH3 is 2. The van der Waals surface area contributed by atoms with E-state index in [4.69, 9.17) is 103 Å². The number of nitrogens with zero attached hydrogens (tertiary/aromatic N) is 6. The lowest BCUT2D eigenvalue weighted by atomic mass is 10.1. The summed E-state index contributed by atoms with van der Waals surface area (Å²) in [6.07, 6.45) is 24.3. The van der Waals surface area contributed by atoms with Gasteiger partial charge in [0.25, 0.3) is 47.3 Å². The van der Waals surface area contributed by atoms with Crippen LogP contribution in [0, 0.1) is 71.0 Å². The molecule has 0 aliphatic carbocycles. The number of aromatic nitrogens is 2. The van der Waals surface area contributed by atoms with Crippen LogP contribution >= 0.6 is 46.4 Å². The Kier molecular flexibility index (Phi) is 41.7. The third kappa shape index (κ3) is 30.1. The molecule has 0 aliphatic rings. The van der Waals surface area contributed by atoms with Crippen LogP contribution in [0.15, 0.2) is 243 Å². The summed E-state index contributed by atoms with van der Waals surface area (Å²) in [4.78, 5) is 118. The molecular formula is C104H102Cl4N18O10. The Bertz CT molecular complexity index is 6170. The molecule has 10 aromatic carbocycles. The summed E-state index contributed by atoms with van der Waals surface area (Å²) in [6.45, 7) is 0. The number of benzene rings is 10. The summed E-state index contributed by atoms with van der Waals surface area (Å²) >= 11 is 24.5. The van der Waals surface area contributed by atoms with E-state index in [1.807, 2.05) is 0 Å². The van der Waals surface area contributed by atoms with E-state index in [0.717, 1.165) is 0 Å². The van der Waals surface area contributed by atoms with Gasteiger partial charge < -0.3 is 71.6 Å². The van der Waals surface area contributed by atoms with Crippen LogP contribution in [0.3, 0.4) is 0 Å². The van der Waals surface area contributed by atoms with Gasteiger partial charge in [0.2, 0.25) is 0 Å². The number of amidine groups is 4. The molecule has 12 aromatic rings. The molecule has 0 saturated carbocycles. The molecule has 0 unspecified atom stereocenters. The number of terminal acetylenes is 4. The van der Waals surface area contributed by atoms with Crippen molar-refractivity contribution in [2.24, 2.45) is 0 Å². The third-order valence-electron chi connectivity index (χ3n) is 18.9. The van der Waals surface area contributed by atoms with Crippen LogP contribution in [0.5, 0.6) is 11.5 Å². The number of anilines is 8. The third-order valence-corrected chi connectivity index (χ3v) is 19.8. The smallest absolute Gasteiger partial charge is 0.259 e. The van der Waals surface area contributed by atoms with E-state index in [2.05, 4.69) is 76.2 Å². The normalized spacial score (nSPS) is 9.78. The van der Waals surface area contributed by atoms with Gasteiger partial charge in [-0.3, -0.25) is 60.0 Å². The first kappa shape index (κ1) is 110. The van der Waals surface area contributed by atoms with Crippen molar-refractivity contribution in [3.8, 4) is 60.9 Å². The lowest BCUT2D eigenvalue weighted by molar-refractivity contribution is 0.101. The highest BCUT2D eigenvalue weighted by Crippen LogP contribution is 2.36. The Morgan fingerprint density at radius 3 is 0.787 bits per heavy atom. The van der Waals surface area contributed by atoms with Gasteiger partial charge in [-0.05, 0) is 170 Å². The first-order chi connectivity index (χ1) is 63.0. The molecule has 12 N–H and O–H groups in total.